The fourth-order valence-electron chi connectivity index (χ4n) is 5.16. The maximum atomic E-state index is 10.6. The van der Waals surface area contributed by atoms with Crippen LogP contribution in [0.15, 0.2) is 12.2 Å². The summed E-state index contributed by atoms with van der Waals surface area (Å²) in [5, 5.41) is 8.69. The van der Waals surface area contributed by atoms with Gasteiger partial charge in [0.2, 0.25) is 0 Å². The lowest BCUT2D eigenvalue weighted by atomic mass is 9.76. The Morgan fingerprint density at radius 2 is 1.81 bits per heavy atom. The van der Waals surface area contributed by atoms with Crippen LogP contribution in [0.1, 0.15) is 77.0 Å². The molecule has 3 fully saturated rings. The summed E-state index contributed by atoms with van der Waals surface area (Å²) in [6, 6.07) is 0. The van der Waals surface area contributed by atoms with Crippen molar-refractivity contribution in [3.8, 4) is 0 Å². The minimum atomic E-state index is -0.689. The zero-order chi connectivity index (χ0) is 18.2. The second kappa shape index (κ2) is 10.8. The first kappa shape index (κ1) is 20.3. The van der Waals surface area contributed by atoms with E-state index in [1.807, 2.05) is 0 Å². The predicted molar refractivity (Wildman–Crippen MR) is 109 cm³/mol. The molecule has 0 aromatic carbocycles. The molecule has 0 amide bonds. The van der Waals surface area contributed by atoms with Crippen molar-refractivity contribution in [2.45, 2.75) is 89.3 Å². The van der Waals surface area contributed by atoms with Gasteiger partial charge in [0.25, 0.3) is 0 Å². The Morgan fingerprint density at radius 3 is 2.58 bits per heavy atom. The lowest BCUT2D eigenvalue weighted by Crippen LogP contribution is -2.27. The van der Waals surface area contributed by atoms with Gasteiger partial charge in [-0.2, -0.15) is 11.8 Å². The van der Waals surface area contributed by atoms with Crippen molar-refractivity contribution in [3.05, 3.63) is 12.2 Å². The van der Waals surface area contributed by atoms with Crippen molar-refractivity contribution in [2.75, 3.05) is 11.5 Å². The number of carboxylic acid groups (broad SMARTS) is 1. The van der Waals surface area contributed by atoms with E-state index in [0.717, 1.165) is 31.1 Å². The molecule has 2 saturated heterocycles. The minimum Gasteiger partial charge on any atom is -0.481 e. The van der Waals surface area contributed by atoms with Gasteiger partial charge in [0.05, 0.1) is 12.2 Å². The van der Waals surface area contributed by atoms with Crippen LogP contribution in [-0.2, 0) is 9.53 Å². The lowest BCUT2D eigenvalue weighted by molar-refractivity contribution is -0.137. The Morgan fingerprint density at radius 1 is 1.04 bits per heavy atom. The fourth-order valence-corrected chi connectivity index (χ4v) is 6.43. The average Bonchev–Trinajstić information content (AvgIpc) is 3.24. The molecule has 0 aromatic rings. The van der Waals surface area contributed by atoms with Crippen LogP contribution in [0.25, 0.3) is 0 Å². The zero-order valence-corrected chi connectivity index (χ0v) is 16.9. The lowest BCUT2D eigenvalue weighted by Gasteiger charge is -2.27. The molecular weight excluding hydrogens is 344 g/mol. The van der Waals surface area contributed by atoms with E-state index in [2.05, 4.69) is 23.9 Å². The summed E-state index contributed by atoms with van der Waals surface area (Å²) in [6.45, 7) is 0. The molecule has 2 heterocycles. The number of fused-ring (bicyclic) bond motifs is 2. The normalized spacial score (nSPS) is 31.8. The molecule has 1 aliphatic carbocycles. The number of hydrogen-bond acceptors (Lipinski definition) is 3. The number of hydrogen-bond donors (Lipinski definition) is 1. The van der Waals surface area contributed by atoms with E-state index < -0.39 is 5.97 Å². The molecule has 3 rings (SSSR count). The summed E-state index contributed by atoms with van der Waals surface area (Å²) in [6.07, 6.45) is 19.6. The summed E-state index contributed by atoms with van der Waals surface area (Å²) in [4.78, 5) is 10.6. The van der Waals surface area contributed by atoms with Gasteiger partial charge in [-0.1, -0.05) is 31.4 Å². The second-order valence-corrected chi connectivity index (χ2v) is 9.63. The molecule has 0 unspecified atom stereocenters. The molecule has 4 atom stereocenters. The van der Waals surface area contributed by atoms with Gasteiger partial charge in [-0.3, -0.25) is 4.79 Å². The molecular formula is C22H36O3S. The smallest absolute Gasteiger partial charge is 0.303 e. The zero-order valence-electron chi connectivity index (χ0n) is 16.1. The highest BCUT2D eigenvalue weighted by Crippen LogP contribution is 2.47. The Labute approximate surface area is 163 Å². The highest BCUT2D eigenvalue weighted by atomic mass is 32.2. The topological polar surface area (TPSA) is 46.5 Å². The van der Waals surface area contributed by atoms with E-state index in [1.165, 1.54) is 62.9 Å². The van der Waals surface area contributed by atoms with Crippen molar-refractivity contribution in [2.24, 2.45) is 17.8 Å². The predicted octanol–water partition coefficient (Wildman–Crippen LogP) is 5.68. The van der Waals surface area contributed by atoms with Crippen molar-refractivity contribution >= 4 is 17.7 Å². The van der Waals surface area contributed by atoms with Gasteiger partial charge in [0.1, 0.15) is 0 Å². The van der Waals surface area contributed by atoms with Crippen LogP contribution >= 0.6 is 11.8 Å². The van der Waals surface area contributed by atoms with Crippen LogP contribution < -0.4 is 0 Å². The molecule has 0 radical (unpaired) electrons. The van der Waals surface area contributed by atoms with E-state index in [1.54, 1.807) is 0 Å². The molecule has 2 bridgehead atoms. The molecule has 3 nitrogen and oxygen atoms in total. The number of thioether (sulfide) groups is 1. The number of carbonyl (C=O) groups is 1. The van der Waals surface area contributed by atoms with Gasteiger partial charge in [0, 0.05) is 6.42 Å². The first-order valence-corrected chi connectivity index (χ1v) is 12.0. The number of aliphatic carboxylic acids is 1. The van der Waals surface area contributed by atoms with E-state index in [-0.39, 0.29) is 6.42 Å². The van der Waals surface area contributed by atoms with E-state index in [4.69, 9.17) is 9.84 Å². The second-order valence-electron chi connectivity index (χ2n) is 8.48. The number of rotatable bonds is 11. The molecule has 2 aliphatic heterocycles. The van der Waals surface area contributed by atoms with Gasteiger partial charge < -0.3 is 9.84 Å². The van der Waals surface area contributed by atoms with Crippen molar-refractivity contribution < 1.29 is 14.6 Å². The molecule has 1 saturated carbocycles. The highest BCUT2D eigenvalue weighted by molar-refractivity contribution is 7.99. The number of ether oxygens (including phenoxy) is 1. The van der Waals surface area contributed by atoms with Crippen LogP contribution in [-0.4, -0.2) is 34.8 Å². The molecule has 3 aliphatic rings. The molecule has 0 aromatic heterocycles. The van der Waals surface area contributed by atoms with Crippen LogP contribution in [0.5, 0.6) is 0 Å². The highest BCUT2D eigenvalue weighted by Gasteiger charge is 2.47. The average molecular weight is 381 g/mol. The van der Waals surface area contributed by atoms with E-state index in [9.17, 15) is 4.79 Å². The first-order valence-electron chi connectivity index (χ1n) is 10.8. The Bertz CT molecular complexity index is 458. The quantitative estimate of drug-likeness (QED) is 0.370. The van der Waals surface area contributed by atoms with Gasteiger partial charge >= 0.3 is 5.97 Å². The van der Waals surface area contributed by atoms with E-state index in [0.29, 0.717) is 18.1 Å². The maximum absolute atomic E-state index is 10.6. The van der Waals surface area contributed by atoms with Crippen LogP contribution in [0, 0.1) is 17.8 Å². The number of unbranched alkanes of at least 4 members (excludes halogenated alkanes) is 1. The molecule has 0 spiro atoms. The van der Waals surface area contributed by atoms with Gasteiger partial charge in [-0.25, -0.2) is 0 Å². The third-order valence-corrected chi connectivity index (χ3v) is 7.83. The maximum Gasteiger partial charge on any atom is 0.303 e. The Hall–Kier alpha value is -0.480. The third kappa shape index (κ3) is 6.02. The SMILES string of the molecule is O=C(O)CCC/C=C\C[C@@H]1[C@H](CCSCC2CCCCC2)[C@@H]2CC[C@H]1O2. The number of allylic oxidation sites excluding steroid dienone is 2. The third-order valence-electron chi connectivity index (χ3n) is 6.60. The van der Waals surface area contributed by atoms with Crippen LogP contribution in [0.4, 0.5) is 0 Å². The fraction of sp³-hybridized carbons (Fsp3) is 0.864. The van der Waals surface area contributed by atoms with Gasteiger partial charge in [-0.05, 0) is 80.6 Å². The van der Waals surface area contributed by atoms with Gasteiger partial charge in [-0.15, -0.1) is 0 Å². The Kier molecular flexibility index (Phi) is 8.38. The summed E-state index contributed by atoms with van der Waals surface area (Å²) in [5.74, 6) is 4.40. The van der Waals surface area contributed by atoms with Crippen molar-refractivity contribution in [1.82, 2.24) is 0 Å². The molecule has 4 heteroatoms. The first-order chi connectivity index (χ1) is 12.7. The Balaban J connectivity index is 1.35. The van der Waals surface area contributed by atoms with Crippen LogP contribution in [0.3, 0.4) is 0 Å². The summed E-state index contributed by atoms with van der Waals surface area (Å²) in [5.41, 5.74) is 0. The summed E-state index contributed by atoms with van der Waals surface area (Å²) in [7, 11) is 0. The van der Waals surface area contributed by atoms with E-state index >= 15 is 0 Å². The molecule has 1 N–H and O–H groups in total. The monoisotopic (exact) mass is 380 g/mol. The van der Waals surface area contributed by atoms with Crippen molar-refractivity contribution in [1.29, 1.82) is 0 Å². The minimum absolute atomic E-state index is 0.280. The number of carboxylic acids is 1. The molecule has 148 valence electrons. The largest absolute Gasteiger partial charge is 0.481 e. The standard InChI is InChI=1S/C22H36O3S/c23-22(24)11-7-2-1-6-10-18-19(21-13-12-20(18)25-21)14-15-26-16-17-8-4-3-5-9-17/h1,6,17-21H,2-5,7-16H2,(H,23,24)/b6-1-/t18-,19+,20-,21+/m1/s1. The molecule has 26 heavy (non-hydrogen) atoms. The summed E-state index contributed by atoms with van der Waals surface area (Å²) >= 11 is 2.18. The van der Waals surface area contributed by atoms with Gasteiger partial charge in [0.15, 0.2) is 0 Å². The van der Waals surface area contributed by atoms with Crippen molar-refractivity contribution in [3.63, 3.8) is 0 Å². The van der Waals surface area contributed by atoms with Crippen LogP contribution in [0.2, 0.25) is 0 Å². The summed E-state index contributed by atoms with van der Waals surface area (Å²) < 4.78 is 6.23.